The summed E-state index contributed by atoms with van der Waals surface area (Å²) >= 11 is 6.33. The summed E-state index contributed by atoms with van der Waals surface area (Å²) in [5.74, 6) is 0.0554. The average molecular weight is 517 g/mol. The van der Waals surface area contributed by atoms with Crippen molar-refractivity contribution < 1.29 is 28.1 Å². The van der Waals surface area contributed by atoms with E-state index in [1.807, 2.05) is 0 Å². The predicted molar refractivity (Wildman–Crippen MR) is 132 cm³/mol. The number of anilines is 2. The molecule has 2 aromatic heterocycles. The van der Waals surface area contributed by atoms with E-state index in [9.17, 15) is 9.18 Å². The van der Waals surface area contributed by atoms with Crippen molar-refractivity contribution in [3.63, 3.8) is 0 Å². The Hall–Kier alpha value is -3.34. The molecule has 2 atom stereocenters. The molecule has 1 amide bonds. The SMILES string of the molecule is COc1c(Cl)cccc1Nc1c(-c2ccncc2OC[C@@H]2COCCO2)[nH]c2c1C(=O)NC[C@H]2CF. The van der Waals surface area contributed by atoms with Crippen molar-refractivity contribution >= 4 is 28.9 Å². The van der Waals surface area contributed by atoms with E-state index in [2.05, 4.69) is 20.6 Å². The van der Waals surface area contributed by atoms with Gasteiger partial charge in [0.2, 0.25) is 0 Å². The van der Waals surface area contributed by atoms with Gasteiger partial charge in [-0.3, -0.25) is 14.2 Å². The van der Waals surface area contributed by atoms with Crippen LogP contribution in [-0.4, -0.2) is 68.7 Å². The Morgan fingerprint density at radius 3 is 2.97 bits per heavy atom. The fraction of sp³-hybridized carbons (Fsp3) is 0.360. The van der Waals surface area contributed by atoms with Crippen LogP contribution in [-0.2, 0) is 9.47 Å². The molecular formula is C25H26ClFN4O5. The number of pyridine rings is 1. The van der Waals surface area contributed by atoms with Gasteiger partial charge in [0.1, 0.15) is 18.5 Å². The number of carbonyl (C=O) groups excluding carboxylic acids is 1. The number of hydrogen-bond acceptors (Lipinski definition) is 7. The number of hydrogen-bond donors (Lipinski definition) is 3. The highest BCUT2D eigenvalue weighted by Gasteiger charge is 2.34. The molecule has 5 rings (SSSR count). The van der Waals surface area contributed by atoms with Crippen LogP contribution in [0.1, 0.15) is 22.0 Å². The molecule has 36 heavy (non-hydrogen) atoms. The van der Waals surface area contributed by atoms with E-state index in [0.717, 1.165) is 0 Å². The van der Waals surface area contributed by atoms with Crippen LogP contribution in [0.2, 0.25) is 5.02 Å². The molecule has 3 N–H and O–H groups in total. The molecule has 2 aliphatic rings. The number of carbonyl (C=O) groups is 1. The van der Waals surface area contributed by atoms with Crippen molar-refractivity contribution in [2.45, 2.75) is 12.0 Å². The summed E-state index contributed by atoms with van der Waals surface area (Å²) in [5.41, 5.74) is 3.03. The molecule has 3 aromatic rings. The highest BCUT2D eigenvalue weighted by molar-refractivity contribution is 6.32. The lowest BCUT2D eigenvalue weighted by molar-refractivity contribution is -0.101. The zero-order valence-corrected chi connectivity index (χ0v) is 20.4. The van der Waals surface area contributed by atoms with Crippen LogP contribution < -0.4 is 20.1 Å². The lowest BCUT2D eigenvalue weighted by Gasteiger charge is -2.23. The minimum absolute atomic E-state index is 0.195. The second kappa shape index (κ2) is 10.7. The molecule has 4 heterocycles. The first-order chi connectivity index (χ1) is 17.6. The van der Waals surface area contributed by atoms with Gasteiger partial charge >= 0.3 is 0 Å². The van der Waals surface area contributed by atoms with Crippen molar-refractivity contribution in [1.82, 2.24) is 15.3 Å². The van der Waals surface area contributed by atoms with E-state index >= 15 is 0 Å². The second-order valence-electron chi connectivity index (χ2n) is 8.42. The molecular weight excluding hydrogens is 491 g/mol. The molecule has 11 heteroatoms. The number of para-hydroxylation sites is 1. The average Bonchev–Trinajstić information content (AvgIpc) is 3.28. The Bertz CT molecular complexity index is 1250. The Labute approximate surface area is 212 Å². The van der Waals surface area contributed by atoms with Crippen molar-refractivity contribution in [3.05, 3.63) is 52.9 Å². The number of halogens is 2. The second-order valence-corrected chi connectivity index (χ2v) is 8.83. The van der Waals surface area contributed by atoms with Gasteiger partial charge in [0.25, 0.3) is 5.91 Å². The normalized spacial score (nSPS) is 19.4. The fourth-order valence-electron chi connectivity index (χ4n) is 4.39. The van der Waals surface area contributed by atoms with Crippen molar-refractivity contribution in [2.24, 2.45) is 0 Å². The van der Waals surface area contributed by atoms with Crippen LogP contribution in [0.15, 0.2) is 36.7 Å². The number of aromatic nitrogens is 2. The van der Waals surface area contributed by atoms with Crippen LogP contribution in [0.4, 0.5) is 15.8 Å². The molecule has 0 bridgehead atoms. The number of ether oxygens (including phenoxy) is 4. The molecule has 0 spiro atoms. The highest BCUT2D eigenvalue weighted by Crippen LogP contribution is 2.44. The van der Waals surface area contributed by atoms with Gasteiger partial charge in [0.05, 0.1) is 67.5 Å². The van der Waals surface area contributed by atoms with Gasteiger partial charge in [-0.25, -0.2) is 0 Å². The van der Waals surface area contributed by atoms with Gasteiger partial charge in [-0.15, -0.1) is 0 Å². The first-order valence-corrected chi connectivity index (χ1v) is 11.9. The number of alkyl halides is 1. The molecule has 0 aliphatic carbocycles. The summed E-state index contributed by atoms with van der Waals surface area (Å²) in [6, 6.07) is 7.03. The first-order valence-electron chi connectivity index (χ1n) is 11.6. The number of H-pyrrole nitrogens is 1. The maximum absolute atomic E-state index is 13.9. The third-order valence-electron chi connectivity index (χ3n) is 6.15. The summed E-state index contributed by atoms with van der Waals surface area (Å²) in [5, 5.41) is 6.49. The van der Waals surface area contributed by atoms with E-state index in [4.69, 9.17) is 30.5 Å². The fourth-order valence-corrected chi connectivity index (χ4v) is 4.64. The summed E-state index contributed by atoms with van der Waals surface area (Å²) < 4.78 is 36.6. The van der Waals surface area contributed by atoms with Gasteiger partial charge in [0, 0.05) is 29.9 Å². The molecule has 190 valence electrons. The van der Waals surface area contributed by atoms with E-state index in [0.29, 0.717) is 70.2 Å². The van der Waals surface area contributed by atoms with Gasteiger partial charge in [-0.05, 0) is 18.2 Å². The quantitative estimate of drug-likeness (QED) is 0.414. The zero-order valence-electron chi connectivity index (χ0n) is 19.6. The van der Waals surface area contributed by atoms with E-state index in [-0.39, 0.29) is 25.2 Å². The van der Waals surface area contributed by atoms with Gasteiger partial charge in [0.15, 0.2) is 5.75 Å². The number of amides is 1. The zero-order chi connectivity index (χ0) is 25.1. The predicted octanol–water partition coefficient (Wildman–Crippen LogP) is 4.07. The van der Waals surface area contributed by atoms with Crippen LogP contribution in [0, 0.1) is 0 Å². The highest BCUT2D eigenvalue weighted by atomic mass is 35.5. The number of fused-ring (bicyclic) bond motifs is 1. The topological polar surface area (TPSA) is 107 Å². The number of nitrogens with zero attached hydrogens (tertiary/aromatic N) is 1. The van der Waals surface area contributed by atoms with Gasteiger partial charge < -0.3 is 34.6 Å². The third-order valence-corrected chi connectivity index (χ3v) is 6.45. The number of methoxy groups -OCH3 is 1. The Morgan fingerprint density at radius 1 is 1.31 bits per heavy atom. The lowest BCUT2D eigenvalue weighted by atomic mass is 9.97. The molecule has 0 unspecified atom stereocenters. The number of aromatic amines is 1. The number of nitrogens with one attached hydrogen (secondary N) is 3. The van der Waals surface area contributed by atoms with E-state index in [1.54, 1.807) is 36.7 Å². The number of benzene rings is 1. The maximum atomic E-state index is 13.9. The molecule has 2 aliphatic heterocycles. The molecule has 1 aromatic carbocycles. The van der Waals surface area contributed by atoms with Crippen LogP contribution >= 0.6 is 11.6 Å². The smallest absolute Gasteiger partial charge is 0.255 e. The Balaban J connectivity index is 1.59. The monoisotopic (exact) mass is 516 g/mol. The Morgan fingerprint density at radius 2 is 2.19 bits per heavy atom. The summed E-state index contributed by atoms with van der Waals surface area (Å²) in [4.78, 5) is 20.5. The van der Waals surface area contributed by atoms with Gasteiger partial charge in [-0.2, -0.15) is 0 Å². The van der Waals surface area contributed by atoms with Crippen molar-refractivity contribution in [1.29, 1.82) is 0 Å². The minimum atomic E-state index is -0.633. The molecule has 0 radical (unpaired) electrons. The molecule has 0 saturated carbocycles. The summed E-state index contributed by atoms with van der Waals surface area (Å²) in [7, 11) is 1.51. The van der Waals surface area contributed by atoms with Crippen LogP contribution in [0.3, 0.4) is 0 Å². The molecule has 1 saturated heterocycles. The van der Waals surface area contributed by atoms with Crippen LogP contribution in [0.25, 0.3) is 11.3 Å². The van der Waals surface area contributed by atoms with Crippen molar-refractivity contribution in [3.8, 4) is 22.8 Å². The van der Waals surface area contributed by atoms with Crippen LogP contribution in [0.5, 0.6) is 11.5 Å². The van der Waals surface area contributed by atoms with E-state index < -0.39 is 12.6 Å². The standard InChI is InChI=1S/C25H26ClFN4O5/c1-33-24-17(26)3-2-4-18(24)30-23-20-21(14(9-27)10-29-25(20)32)31-22(23)16-5-6-28-11-19(16)36-13-15-12-34-7-8-35-15/h2-6,11,14-15,30-31H,7-10,12-13H2,1H3,(H,29,32)/t14-,15+/m1/s1. The molecule has 9 nitrogen and oxygen atoms in total. The minimum Gasteiger partial charge on any atom is -0.493 e. The third kappa shape index (κ3) is 4.71. The largest absolute Gasteiger partial charge is 0.493 e. The van der Waals surface area contributed by atoms with Gasteiger partial charge in [-0.1, -0.05) is 17.7 Å². The Kier molecular flexibility index (Phi) is 7.26. The summed E-state index contributed by atoms with van der Waals surface area (Å²) in [6.45, 7) is 1.32. The lowest BCUT2D eigenvalue weighted by Crippen LogP contribution is -2.35. The van der Waals surface area contributed by atoms with E-state index in [1.165, 1.54) is 7.11 Å². The number of rotatable bonds is 8. The maximum Gasteiger partial charge on any atom is 0.255 e. The summed E-state index contributed by atoms with van der Waals surface area (Å²) in [6.07, 6.45) is 3.01. The molecule has 1 fully saturated rings. The van der Waals surface area contributed by atoms with Crippen molar-refractivity contribution in [2.75, 3.05) is 52.1 Å². The first kappa shape index (κ1) is 24.4.